The van der Waals surface area contributed by atoms with Crippen molar-refractivity contribution in [1.29, 1.82) is 0 Å². The smallest absolute Gasteiger partial charge is 0.410 e. The molecule has 4 aromatic heterocycles. The first-order valence-corrected chi connectivity index (χ1v) is 26.3. The molecule has 8 heterocycles. The van der Waals surface area contributed by atoms with Crippen LogP contribution in [0.4, 0.5) is 16.2 Å². The maximum atomic E-state index is 12.9. The van der Waals surface area contributed by atoms with Crippen molar-refractivity contribution in [3.8, 4) is 22.3 Å². The summed E-state index contributed by atoms with van der Waals surface area (Å²) in [6.45, 7) is 28.4. The molecule has 75 heavy (non-hydrogen) atoms. The van der Waals surface area contributed by atoms with Gasteiger partial charge in [-0.25, -0.2) is 14.2 Å². The first-order chi connectivity index (χ1) is 35.6. The number of aromatic nitrogens is 8. The summed E-state index contributed by atoms with van der Waals surface area (Å²) in [6, 6.07) is 17.6. The van der Waals surface area contributed by atoms with Gasteiger partial charge >= 0.3 is 6.09 Å². The molecule has 10 rings (SSSR count). The number of amides is 3. The van der Waals surface area contributed by atoms with Crippen molar-refractivity contribution < 1.29 is 19.1 Å². The lowest BCUT2D eigenvalue weighted by Crippen LogP contribution is -2.45. The minimum Gasteiger partial charge on any atom is -0.444 e. The number of nitrogens with one attached hydrogen (secondary N) is 3. The zero-order valence-corrected chi connectivity index (χ0v) is 45.5. The van der Waals surface area contributed by atoms with Crippen LogP contribution in [-0.2, 0) is 28.9 Å². The van der Waals surface area contributed by atoms with Crippen molar-refractivity contribution in [2.45, 2.75) is 131 Å². The van der Waals surface area contributed by atoms with E-state index in [1.165, 1.54) is 23.2 Å². The van der Waals surface area contributed by atoms with Crippen LogP contribution in [0.2, 0.25) is 0 Å². The Morgan fingerprint density at radius 3 is 1.61 bits per heavy atom. The molecular formula is C57H74N14O4. The van der Waals surface area contributed by atoms with Gasteiger partial charge in [0.1, 0.15) is 5.60 Å². The summed E-state index contributed by atoms with van der Waals surface area (Å²) in [6.07, 6.45) is 13.0. The number of aryl methyl sites for hydroxylation is 2. The minimum absolute atomic E-state index is 0.120. The fourth-order valence-electron chi connectivity index (χ4n) is 10.5. The van der Waals surface area contributed by atoms with E-state index in [-0.39, 0.29) is 35.0 Å². The van der Waals surface area contributed by atoms with E-state index in [2.05, 4.69) is 113 Å². The molecule has 0 aliphatic carbocycles. The van der Waals surface area contributed by atoms with E-state index >= 15 is 0 Å². The van der Waals surface area contributed by atoms with Crippen molar-refractivity contribution in [2.24, 2.45) is 11.8 Å². The number of nitrogens with zero attached hydrogens (tertiary/aromatic N) is 11. The number of benzene rings is 2. The molecule has 4 saturated heterocycles. The second kappa shape index (κ2) is 21.2. The lowest BCUT2D eigenvalue weighted by Gasteiger charge is -2.35. The van der Waals surface area contributed by atoms with Crippen LogP contribution in [0, 0.1) is 25.7 Å². The Balaban J connectivity index is 0.000000187. The number of hydrogen-bond donors (Lipinski definition) is 3. The molecule has 3 N–H and O–H groups in total. The average molecular weight is 1020 g/mol. The van der Waals surface area contributed by atoms with Gasteiger partial charge in [-0.1, -0.05) is 46.8 Å². The van der Waals surface area contributed by atoms with Crippen LogP contribution in [0.25, 0.3) is 22.3 Å². The number of fused-ring (bicyclic) bond motifs is 4. The van der Waals surface area contributed by atoms with Crippen LogP contribution in [0.5, 0.6) is 0 Å². The van der Waals surface area contributed by atoms with Crippen molar-refractivity contribution >= 4 is 29.3 Å². The van der Waals surface area contributed by atoms with Crippen molar-refractivity contribution in [2.75, 3.05) is 49.1 Å². The van der Waals surface area contributed by atoms with Gasteiger partial charge in [-0.3, -0.25) is 19.6 Å². The molecule has 18 heteroatoms. The molecule has 2 aromatic carbocycles. The number of likely N-dealkylation sites (tertiary alicyclic amines) is 1. The SMILES string of the molecule is Cc1cc(-c2ccncc2N2CC3CC(C2)N(C(=O)OC(C)(C)C)C3)ccc1CNC(=O)c1cn(C(C)(C)C)nn1.Cc1cc(-c2ccncc2N2CC3CNC(C3)C2)ccc1CNC(=O)c1cn(C(C)(C)C)nn1. The Kier molecular flexibility index (Phi) is 14.9. The second-order valence-corrected chi connectivity index (χ2v) is 23.8. The van der Waals surface area contributed by atoms with Gasteiger partial charge in [0.15, 0.2) is 11.4 Å². The van der Waals surface area contributed by atoms with Gasteiger partial charge in [0.25, 0.3) is 11.8 Å². The normalized spacial score (nSPS) is 19.4. The Morgan fingerprint density at radius 2 is 1.15 bits per heavy atom. The number of anilines is 2. The number of pyridine rings is 2. The summed E-state index contributed by atoms with van der Waals surface area (Å²) in [4.78, 5) is 53.8. The van der Waals surface area contributed by atoms with Gasteiger partial charge in [0.05, 0.1) is 53.3 Å². The molecule has 4 unspecified atom stereocenters. The molecule has 4 aliphatic rings. The summed E-state index contributed by atoms with van der Waals surface area (Å²) in [5.41, 5.74) is 10.8. The summed E-state index contributed by atoms with van der Waals surface area (Å²) in [5.74, 6) is 0.640. The number of rotatable bonds is 10. The number of carbonyl (C=O) groups is 3. The highest BCUT2D eigenvalue weighted by Crippen LogP contribution is 2.39. The van der Waals surface area contributed by atoms with Gasteiger partial charge in [0, 0.05) is 81.9 Å². The number of piperidine rings is 2. The standard InChI is InChI=1S/C31H41N7O3.C26H33N7O/c1-20-12-22(8-9-23(20)14-33-28(39)26-19-38(35-34-26)30(2,3)4)25-10-11-32-15-27(25)36-16-21-13-24(18-36)37(17-21)29(40)41-31(5,6)7;1-17-9-19(22-7-8-27-13-24(22)32-14-18-10-21(15-32)28-11-18)5-6-20(17)12-29-25(34)23-16-33(31-30-23)26(2,3)4/h8-12,15,19,21,24H,13-14,16-18H2,1-7H3,(H,33,39);5-9,13,16,18,21,28H,10-12,14-15H2,1-4H3,(H,29,34). The highest BCUT2D eigenvalue weighted by Gasteiger charge is 2.43. The maximum absolute atomic E-state index is 12.9. The van der Waals surface area contributed by atoms with Gasteiger partial charge in [-0.05, 0) is 146 Å². The van der Waals surface area contributed by atoms with E-state index in [4.69, 9.17) is 4.74 Å². The lowest BCUT2D eigenvalue weighted by atomic mass is 9.96. The fourth-order valence-corrected chi connectivity index (χ4v) is 10.5. The van der Waals surface area contributed by atoms with Gasteiger partial charge in [-0.15, -0.1) is 10.2 Å². The van der Waals surface area contributed by atoms with Crippen LogP contribution in [0.1, 0.15) is 118 Å². The second-order valence-electron chi connectivity index (χ2n) is 23.8. The van der Waals surface area contributed by atoms with Gasteiger partial charge in [-0.2, -0.15) is 0 Å². The predicted molar refractivity (Wildman–Crippen MR) is 290 cm³/mol. The van der Waals surface area contributed by atoms with E-state index in [9.17, 15) is 14.4 Å². The largest absolute Gasteiger partial charge is 0.444 e. The molecule has 396 valence electrons. The average Bonchev–Trinajstić information content (AvgIpc) is 4.20. The minimum atomic E-state index is -0.511. The van der Waals surface area contributed by atoms with Crippen LogP contribution in [-0.4, -0.2) is 120 Å². The van der Waals surface area contributed by atoms with Crippen molar-refractivity contribution in [3.63, 3.8) is 0 Å². The van der Waals surface area contributed by atoms with Crippen molar-refractivity contribution in [1.82, 2.24) is 60.8 Å². The van der Waals surface area contributed by atoms with Crippen LogP contribution < -0.4 is 25.8 Å². The van der Waals surface area contributed by atoms with E-state index in [0.717, 1.165) is 84.8 Å². The van der Waals surface area contributed by atoms with E-state index in [1.807, 2.05) is 98.1 Å². The zero-order chi connectivity index (χ0) is 53.4. The monoisotopic (exact) mass is 1020 g/mol. The summed E-state index contributed by atoms with van der Waals surface area (Å²) in [5, 5.41) is 25.8. The molecule has 0 spiro atoms. The molecular weight excluding hydrogens is 945 g/mol. The molecule has 18 nitrogen and oxygen atoms in total. The van der Waals surface area contributed by atoms with Crippen LogP contribution >= 0.6 is 0 Å². The van der Waals surface area contributed by atoms with E-state index in [0.29, 0.717) is 42.4 Å². The Morgan fingerprint density at radius 1 is 0.640 bits per heavy atom. The van der Waals surface area contributed by atoms with Gasteiger partial charge < -0.3 is 35.4 Å². The van der Waals surface area contributed by atoms with Crippen LogP contribution in [0.15, 0.2) is 85.7 Å². The molecule has 0 saturated carbocycles. The molecule has 4 aliphatic heterocycles. The van der Waals surface area contributed by atoms with Gasteiger partial charge in [0.2, 0.25) is 0 Å². The van der Waals surface area contributed by atoms with Crippen molar-refractivity contribution in [3.05, 3.63) is 119 Å². The first-order valence-electron chi connectivity index (χ1n) is 26.3. The van der Waals surface area contributed by atoms with E-state index in [1.54, 1.807) is 21.8 Å². The predicted octanol–water partition coefficient (Wildman–Crippen LogP) is 7.91. The molecule has 3 amide bonds. The quantitative estimate of drug-likeness (QED) is 0.120. The summed E-state index contributed by atoms with van der Waals surface area (Å²) >= 11 is 0. The highest BCUT2D eigenvalue weighted by atomic mass is 16.6. The van der Waals surface area contributed by atoms with E-state index < -0.39 is 5.60 Å². The first kappa shape index (κ1) is 52.6. The number of carbonyl (C=O) groups excluding carboxylic acids is 3. The maximum Gasteiger partial charge on any atom is 0.410 e. The third-order valence-electron chi connectivity index (χ3n) is 14.6. The number of hydrogen-bond acceptors (Lipinski definition) is 13. The Bertz CT molecular complexity index is 3020. The van der Waals surface area contributed by atoms with Crippen LogP contribution in [0.3, 0.4) is 0 Å². The molecule has 6 aromatic rings. The summed E-state index contributed by atoms with van der Waals surface area (Å²) in [7, 11) is 0. The topological polar surface area (TPSA) is 193 Å². The lowest BCUT2D eigenvalue weighted by molar-refractivity contribution is 0.0233. The Labute approximate surface area is 441 Å². The zero-order valence-electron chi connectivity index (χ0n) is 45.5. The third kappa shape index (κ3) is 12.3. The molecule has 4 fully saturated rings. The molecule has 0 radical (unpaired) electrons. The number of ether oxygens (including phenoxy) is 1. The highest BCUT2D eigenvalue weighted by molar-refractivity contribution is 5.92. The fraction of sp³-hybridized carbons (Fsp3) is 0.491. The third-order valence-corrected chi connectivity index (χ3v) is 14.6. The molecule has 4 bridgehead atoms. The molecule has 4 atom stereocenters. The summed E-state index contributed by atoms with van der Waals surface area (Å²) < 4.78 is 9.08. The Hall–Kier alpha value is -7.21.